The van der Waals surface area contributed by atoms with Crippen molar-refractivity contribution in [3.05, 3.63) is 24.3 Å². The van der Waals surface area contributed by atoms with Crippen molar-refractivity contribution in [2.45, 2.75) is 18.9 Å². The number of aromatic nitrogens is 1. The van der Waals surface area contributed by atoms with Crippen LogP contribution < -0.4 is 10.2 Å². The lowest BCUT2D eigenvalue weighted by Crippen LogP contribution is -2.44. The van der Waals surface area contributed by atoms with E-state index in [9.17, 15) is 0 Å². The van der Waals surface area contributed by atoms with E-state index in [0.717, 1.165) is 30.2 Å². The van der Waals surface area contributed by atoms with Crippen LogP contribution in [0.3, 0.4) is 0 Å². The van der Waals surface area contributed by atoms with Crippen LogP contribution in [0, 0.1) is 0 Å². The highest BCUT2D eigenvalue weighted by Gasteiger charge is 2.22. The number of para-hydroxylation sites is 2. The lowest BCUT2D eigenvalue weighted by atomic mass is 10.1. The Kier molecular flexibility index (Phi) is 2.73. The molecule has 1 N–H and O–H groups in total. The predicted molar refractivity (Wildman–Crippen MR) is 68.3 cm³/mol. The van der Waals surface area contributed by atoms with Gasteiger partial charge >= 0.3 is 0 Å². The summed E-state index contributed by atoms with van der Waals surface area (Å²) in [6, 6.07) is 9.21. The van der Waals surface area contributed by atoms with Crippen molar-refractivity contribution in [2.24, 2.45) is 0 Å². The molecular weight excluding hydrogens is 214 g/mol. The Morgan fingerprint density at radius 3 is 3.12 bits per heavy atom. The highest BCUT2D eigenvalue weighted by Crippen LogP contribution is 2.24. The minimum absolute atomic E-state index is 0.541. The van der Waals surface area contributed by atoms with Gasteiger partial charge in [-0.05, 0) is 32.0 Å². The Morgan fingerprint density at radius 1 is 1.41 bits per heavy atom. The van der Waals surface area contributed by atoms with Gasteiger partial charge in [-0.3, -0.25) is 0 Å². The first-order chi connectivity index (χ1) is 8.36. The molecule has 1 aliphatic heterocycles. The number of anilines is 1. The minimum atomic E-state index is 0.541. The first-order valence-electron chi connectivity index (χ1n) is 6.14. The lowest BCUT2D eigenvalue weighted by Gasteiger charge is -2.31. The van der Waals surface area contributed by atoms with Crippen molar-refractivity contribution >= 4 is 17.1 Å². The van der Waals surface area contributed by atoms with Crippen molar-refractivity contribution in [1.29, 1.82) is 0 Å². The van der Waals surface area contributed by atoms with Gasteiger partial charge in [0.05, 0.1) is 0 Å². The number of benzene rings is 1. The number of oxazole rings is 1. The standard InChI is InChI=1S/C13H17N3O/c1-14-10-5-4-8-16(9-10)13-15-11-6-2-3-7-12(11)17-13/h2-3,6-7,10,14H,4-5,8-9H2,1H3/t10-/m1/s1. The van der Waals surface area contributed by atoms with Gasteiger partial charge in [-0.1, -0.05) is 12.1 Å². The molecule has 0 radical (unpaired) electrons. The molecular formula is C13H17N3O. The molecule has 0 unspecified atom stereocenters. The summed E-state index contributed by atoms with van der Waals surface area (Å²) in [6.07, 6.45) is 2.41. The van der Waals surface area contributed by atoms with E-state index >= 15 is 0 Å². The third-order valence-corrected chi connectivity index (χ3v) is 3.38. The molecule has 0 bridgehead atoms. The Hall–Kier alpha value is -1.55. The van der Waals surface area contributed by atoms with Crippen LogP contribution in [0.4, 0.5) is 6.01 Å². The summed E-state index contributed by atoms with van der Waals surface area (Å²) in [5, 5.41) is 3.33. The Morgan fingerprint density at radius 2 is 2.29 bits per heavy atom. The Bertz CT molecular complexity index is 475. The van der Waals surface area contributed by atoms with Gasteiger partial charge in [0.2, 0.25) is 0 Å². The van der Waals surface area contributed by atoms with Crippen molar-refractivity contribution in [2.75, 3.05) is 25.0 Å². The third-order valence-electron chi connectivity index (χ3n) is 3.38. The fourth-order valence-electron chi connectivity index (χ4n) is 2.38. The van der Waals surface area contributed by atoms with Crippen molar-refractivity contribution in [3.8, 4) is 0 Å². The van der Waals surface area contributed by atoms with Crippen LogP contribution >= 0.6 is 0 Å². The molecule has 0 amide bonds. The fourth-order valence-corrected chi connectivity index (χ4v) is 2.38. The van der Waals surface area contributed by atoms with Crippen LogP contribution in [-0.4, -0.2) is 31.2 Å². The van der Waals surface area contributed by atoms with Gasteiger partial charge in [0.25, 0.3) is 6.01 Å². The molecule has 90 valence electrons. The van der Waals surface area contributed by atoms with Crippen molar-refractivity contribution < 1.29 is 4.42 Å². The maximum atomic E-state index is 5.79. The highest BCUT2D eigenvalue weighted by atomic mass is 16.4. The highest BCUT2D eigenvalue weighted by molar-refractivity contribution is 5.74. The second-order valence-electron chi connectivity index (χ2n) is 4.54. The molecule has 17 heavy (non-hydrogen) atoms. The fraction of sp³-hybridized carbons (Fsp3) is 0.462. The molecule has 1 aromatic carbocycles. The first-order valence-corrected chi connectivity index (χ1v) is 6.14. The van der Waals surface area contributed by atoms with E-state index < -0.39 is 0 Å². The largest absolute Gasteiger partial charge is 0.423 e. The first kappa shape index (κ1) is 10.6. The molecule has 2 aromatic rings. The average molecular weight is 231 g/mol. The molecule has 4 nitrogen and oxygen atoms in total. The van der Waals surface area contributed by atoms with Gasteiger partial charge < -0.3 is 14.6 Å². The normalized spacial score (nSPS) is 21.0. The van der Waals surface area contributed by atoms with E-state index in [0.29, 0.717) is 6.04 Å². The molecule has 4 heteroatoms. The zero-order valence-electron chi connectivity index (χ0n) is 10.0. The number of piperidine rings is 1. The average Bonchev–Trinajstić information content (AvgIpc) is 2.82. The van der Waals surface area contributed by atoms with E-state index in [1.807, 2.05) is 31.3 Å². The molecule has 0 aliphatic carbocycles. The van der Waals surface area contributed by atoms with Gasteiger partial charge in [0.1, 0.15) is 5.52 Å². The van der Waals surface area contributed by atoms with E-state index in [-0.39, 0.29) is 0 Å². The monoisotopic (exact) mass is 231 g/mol. The summed E-state index contributed by atoms with van der Waals surface area (Å²) in [7, 11) is 2.01. The van der Waals surface area contributed by atoms with E-state index in [2.05, 4.69) is 15.2 Å². The summed E-state index contributed by atoms with van der Waals surface area (Å²) in [5.41, 5.74) is 1.81. The molecule has 1 aliphatic rings. The molecule has 1 atom stereocenters. The van der Waals surface area contributed by atoms with Crippen LogP contribution in [0.1, 0.15) is 12.8 Å². The molecule has 0 spiro atoms. The summed E-state index contributed by atoms with van der Waals surface area (Å²) in [5.74, 6) is 0. The molecule has 1 fully saturated rings. The van der Waals surface area contributed by atoms with Crippen LogP contribution in [0.15, 0.2) is 28.7 Å². The number of hydrogen-bond acceptors (Lipinski definition) is 4. The maximum Gasteiger partial charge on any atom is 0.298 e. The predicted octanol–water partition coefficient (Wildman–Crippen LogP) is 2.02. The molecule has 1 aromatic heterocycles. The number of fused-ring (bicyclic) bond motifs is 1. The van der Waals surface area contributed by atoms with Crippen molar-refractivity contribution in [3.63, 3.8) is 0 Å². The zero-order valence-corrected chi connectivity index (χ0v) is 10.0. The summed E-state index contributed by atoms with van der Waals surface area (Å²) >= 11 is 0. The molecule has 2 heterocycles. The van der Waals surface area contributed by atoms with Gasteiger partial charge in [0, 0.05) is 19.1 Å². The van der Waals surface area contributed by atoms with E-state index in [1.54, 1.807) is 0 Å². The minimum Gasteiger partial charge on any atom is -0.423 e. The van der Waals surface area contributed by atoms with E-state index in [1.165, 1.54) is 12.8 Å². The summed E-state index contributed by atoms with van der Waals surface area (Å²) in [6.45, 7) is 2.01. The summed E-state index contributed by atoms with van der Waals surface area (Å²) in [4.78, 5) is 6.76. The Labute approximate surface area is 101 Å². The zero-order chi connectivity index (χ0) is 11.7. The van der Waals surface area contributed by atoms with Gasteiger partial charge in [-0.2, -0.15) is 4.98 Å². The number of nitrogens with one attached hydrogen (secondary N) is 1. The third kappa shape index (κ3) is 2.00. The second-order valence-corrected chi connectivity index (χ2v) is 4.54. The molecule has 1 saturated heterocycles. The van der Waals surface area contributed by atoms with Crippen LogP contribution in [0.2, 0.25) is 0 Å². The number of nitrogens with zero attached hydrogens (tertiary/aromatic N) is 2. The van der Waals surface area contributed by atoms with E-state index in [4.69, 9.17) is 4.42 Å². The SMILES string of the molecule is CN[C@@H]1CCCN(c2nc3ccccc3o2)C1. The van der Waals surface area contributed by atoms with Gasteiger partial charge in [-0.15, -0.1) is 0 Å². The molecule has 3 rings (SSSR count). The van der Waals surface area contributed by atoms with Crippen LogP contribution in [0.25, 0.3) is 11.1 Å². The van der Waals surface area contributed by atoms with Crippen LogP contribution in [-0.2, 0) is 0 Å². The summed E-state index contributed by atoms with van der Waals surface area (Å²) < 4.78 is 5.79. The Balaban J connectivity index is 1.87. The number of hydrogen-bond donors (Lipinski definition) is 1. The van der Waals surface area contributed by atoms with Gasteiger partial charge in [0.15, 0.2) is 5.58 Å². The lowest BCUT2D eigenvalue weighted by molar-refractivity contribution is 0.426. The van der Waals surface area contributed by atoms with Gasteiger partial charge in [-0.25, -0.2) is 0 Å². The topological polar surface area (TPSA) is 41.3 Å². The maximum absolute atomic E-state index is 5.79. The number of rotatable bonds is 2. The smallest absolute Gasteiger partial charge is 0.298 e. The van der Waals surface area contributed by atoms with Crippen LogP contribution in [0.5, 0.6) is 0 Å². The van der Waals surface area contributed by atoms with Crippen molar-refractivity contribution in [1.82, 2.24) is 10.3 Å². The molecule has 0 saturated carbocycles. The number of likely N-dealkylation sites (N-methyl/N-ethyl adjacent to an activating group) is 1. The quantitative estimate of drug-likeness (QED) is 0.858. The second kappa shape index (κ2) is 4.37.